The van der Waals surface area contributed by atoms with Gasteiger partial charge in [-0.2, -0.15) is 0 Å². The quantitative estimate of drug-likeness (QED) is 0.671. The number of hydrogen-bond donors (Lipinski definition) is 3. The molecular weight excluding hydrogens is 292 g/mol. The number of carbonyl (C=O) groups excluding carboxylic acids is 1. The third-order valence-corrected chi connectivity index (χ3v) is 3.54. The molecule has 0 aliphatic heterocycles. The second-order valence-corrected chi connectivity index (χ2v) is 5.46. The third kappa shape index (κ3) is 6.42. The highest BCUT2D eigenvalue weighted by atomic mass is 35.5. The topological polar surface area (TPSA) is 87.7 Å². The van der Waals surface area contributed by atoms with Gasteiger partial charge in [-0.3, -0.25) is 0 Å². The van der Waals surface area contributed by atoms with Crippen LogP contribution in [-0.2, 0) is 9.53 Å². The van der Waals surface area contributed by atoms with Crippen molar-refractivity contribution < 1.29 is 19.4 Å². The first kappa shape index (κ1) is 15.7. The standard InChI is InChI=1S/C11H15ClN2O4S/c1-7(8-2-3-9(12)19-8)14-11(17)13-4-5-18-6-10(15)16/h2-3,7H,4-6H2,1H3,(H,15,16)(H2,13,14,17). The van der Waals surface area contributed by atoms with E-state index in [1.165, 1.54) is 11.3 Å². The highest BCUT2D eigenvalue weighted by Crippen LogP contribution is 2.26. The third-order valence-electron chi connectivity index (χ3n) is 2.13. The molecule has 0 fully saturated rings. The molecule has 1 unspecified atom stereocenters. The molecule has 0 saturated heterocycles. The highest BCUT2D eigenvalue weighted by molar-refractivity contribution is 7.16. The van der Waals surface area contributed by atoms with Crippen molar-refractivity contribution in [3.63, 3.8) is 0 Å². The summed E-state index contributed by atoms with van der Waals surface area (Å²) in [6, 6.07) is 3.15. The lowest BCUT2D eigenvalue weighted by molar-refractivity contribution is -0.142. The van der Waals surface area contributed by atoms with Crippen LogP contribution < -0.4 is 10.6 Å². The number of carboxylic acid groups (broad SMARTS) is 1. The SMILES string of the molecule is CC(NC(=O)NCCOCC(=O)O)c1ccc(Cl)s1. The molecule has 1 rings (SSSR count). The Hall–Kier alpha value is -1.31. The maximum atomic E-state index is 11.5. The smallest absolute Gasteiger partial charge is 0.329 e. The zero-order valence-electron chi connectivity index (χ0n) is 10.3. The number of halogens is 1. The summed E-state index contributed by atoms with van der Waals surface area (Å²) in [7, 11) is 0. The fourth-order valence-electron chi connectivity index (χ4n) is 1.28. The van der Waals surface area contributed by atoms with Crippen LogP contribution in [0.25, 0.3) is 0 Å². The van der Waals surface area contributed by atoms with Gasteiger partial charge in [-0.05, 0) is 19.1 Å². The molecule has 1 aromatic heterocycles. The zero-order valence-corrected chi connectivity index (χ0v) is 11.9. The minimum atomic E-state index is -1.03. The van der Waals surface area contributed by atoms with Crippen molar-refractivity contribution in [1.82, 2.24) is 10.6 Å². The first-order valence-corrected chi connectivity index (χ1v) is 6.77. The van der Waals surface area contributed by atoms with Gasteiger partial charge in [-0.25, -0.2) is 9.59 Å². The minimum absolute atomic E-state index is 0.141. The maximum Gasteiger partial charge on any atom is 0.329 e. The Bertz CT molecular complexity index is 438. The number of nitrogens with one attached hydrogen (secondary N) is 2. The van der Waals surface area contributed by atoms with Gasteiger partial charge in [0.15, 0.2) is 0 Å². The van der Waals surface area contributed by atoms with Crippen LogP contribution in [-0.4, -0.2) is 36.9 Å². The van der Waals surface area contributed by atoms with Gasteiger partial charge in [0.1, 0.15) is 6.61 Å². The van der Waals surface area contributed by atoms with E-state index in [1.54, 1.807) is 6.07 Å². The van der Waals surface area contributed by atoms with Gasteiger partial charge < -0.3 is 20.5 Å². The van der Waals surface area contributed by atoms with Crippen molar-refractivity contribution in [3.8, 4) is 0 Å². The summed E-state index contributed by atoms with van der Waals surface area (Å²) in [4.78, 5) is 22.6. The van der Waals surface area contributed by atoms with Crippen molar-refractivity contribution in [3.05, 3.63) is 21.3 Å². The Morgan fingerprint density at radius 3 is 2.84 bits per heavy atom. The van der Waals surface area contributed by atoms with Gasteiger partial charge in [-0.1, -0.05) is 11.6 Å². The highest BCUT2D eigenvalue weighted by Gasteiger charge is 2.10. The summed E-state index contributed by atoms with van der Waals surface area (Å²) in [5.41, 5.74) is 0. The van der Waals surface area contributed by atoms with E-state index in [0.29, 0.717) is 4.34 Å². The van der Waals surface area contributed by atoms with Crippen molar-refractivity contribution in [2.45, 2.75) is 13.0 Å². The number of ether oxygens (including phenoxy) is 1. The average Bonchev–Trinajstić information content (AvgIpc) is 2.75. The van der Waals surface area contributed by atoms with Crippen molar-refractivity contribution in [2.24, 2.45) is 0 Å². The van der Waals surface area contributed by atoms with E-state index in [1.807, 2.05) is 13.0 Å². The summed E-state index contributed by atoms with van der Waals surface area (Å²) in [6.45, 7) is 1.88. The lowest BCUT2D eigenvalue weighted by Crippen LogP contribution is -2.38. The number of urea groups is 1. The van der Waals surface area contributed by atoms with E-state index in [-0.39, 0.29) is 31.8 Å². The molecular formula is C11H15ClN2O4S. The first-order chi connectivity index (χ1) is 8.99. The molecule has 1 heterocycles. The molecule has 3 N–H and O–H groups in total. The monoisotopic (exact) mass is 306 g/mol. The van der Waals surface area contributed by atoms with Gasteiger partial charge in [-0.15, -0.1) is 11.3 Å². The second kappa shape index (κ2) is 7.98. The molecule has 106 valence electrons. The molecule has 2 amide bonds. The fraction of sp³-hybridized carbons (Fsp3) is 0.455. The Morgan fingerprint density at radius 2 is 2.26 bits per heavy atom. The van der Waals surface area contributed by atoms with E-state index in [4.69, 9.17) is 21.4 Å². The van der Waals surface area contributed by atoms with Gasteiger partial charge in [0.25, 0.3) is 0 Å². The van der Waals surface area contributed by atoms with Crippen LogP contribution in [0.15, 0.2) is 12.1 Å². The number of thiophene rings is 1. The molecule has 0 radical (unpaired) electrons. The summed E-state index contributed by atoms with van der Waals surface area (Å²) in [6.07, 6.45) is 0. The van der Waals surface area contributed by atoms with Gasteiger partial charge in [0.2, 0.25) is 0 Å². The van der Waals surface area contributed by atoms with Crippen LogP contribution in [0.1, 0.15) is 17.8 Å². The van der Waals surface area contributed by atoms with Crippen molar-refractivity contribution in [1.29, 1.82) is 0 Å². The summed E-state index contributed by atoms with van der Waals surface area (Å²) < 4.78 is 5.45. The van der Waals surface area contributed by atoms with E-state index < -0.39 is 5.97 Å². The lowest BCUT2D eigenvalue weighted by Gasteiger charge is -2.13. The number of aliphatic carboxylic acids is 1. The van der Waals surface area contributed by atoms with Crippen LogP contribution in [0.4, 0.5) is 4.79 Å². The van der Waals surface area contributed by atoms with Crippen LogP contribution in [0.3, 0.4) is 0 Å². The molecule has 0 aliphatic carbocycles. The van der Waals surface area contributed by atoms with E-state index in [0.717, 1.165) is 4.88 Å². The number of carbonyl (C=O) groups is 2. The summed E-state index contributed by atoms with van der Waals surface area (Å²) in [5, 5.41) is 13.6. The zero-order chi connectivity index (χ0) is 14.3. The molecule has 8 heteroatoms. The van der Waals surface area contributed by atoms with Gasteiger partial charge in [0, 0.05) is 11.4 Å². The predicted octanol–water partition coefficient (Wildman–Crippen LogP) is 1.86. The number of amides is 2. The lowest BCUT2D eigenvalue weighted by atomic mass is 10.3. The normalized spacial score (nSPS) is 11.9. The molecule has 0 aromatic carbocycles. The van der Waals surface area contributed by atoms with Crippen LogP contribution in [0.5, 0.6) is 0 Å². The van der Waals surface area contributed by atoms with Crippen LogP contribution >= 0.6 is 22.9 Å². The minimum Gasteiger partial charge on any atom is -0.480 e. The molecule has 0 bridgehead atoms. The Kier molecular flexibility index (Phi) is 6.61. The molecule has 0 aliphatic rings. The van der Waals surface area contributed by atoms with Gasteiger partial charge >= 0.3 is 12.0 Å². The molecule has 6 nitrogen and oxygen atoms in total. The fourth-order valence-corrected chi connectivity index (χ4v) is 2.34. The summed E-state index contributed by atoms with van der Waals surface area (Å²) in [5.74, 6) is -1.03. The molecule has 1 atom stereocenters. The van der Waals surface area contributed by atoms with E-state index in [2.05, 4.69) is 10.6 Å². The van der Waals surface area contributed by atoms with Crippen LogP contribution in [0.2, 0.25) is 4.34 Å². The van der Waals surface area contributed by atoms with Gasteiger partial charge in [0.05, 0.1) is 17.0 Å². The number of hydrogen-bond acceptors (Lipinski definition) is 4. The Balaban J connectivity index is 2.18. The predicted molar refractivity (Wildman–Crippen MR) is 72.7 cm³/mol. The maximum absolute atomic E-state index is 11.5. The summed E-state index contributed by atoms with van der Waals surface area (Å²) >= 11 is 7.22. The first-order valence-electron chi connectivity index (χ1n) is 5.58. The molecule has 0 saturated carbocycles. The molecule has 0 spiro atoms. The molecule has 1 aromatic rings. The number of rotatable bonds is 7. The average molecular weight is 307 g/mol. The molecule has 19 heavy (non-hydrogen) atoms. The van der Waals surface area contributed by atoms with Crippen molar-refractivity contribution >= 4 is 34.9 Å². The largest absolute Gasteiger partial charge is 0.480 e. The number of carboxylic acids is 1. The second-order valence-electron chi connectivity index (χ2n) is 3.71. The van der Waals surface area contributed by atoms with Crippen LogP contribution in [0, 0.1) is 0 Å². The Morgan fingerprint density at radius 1 is 1.53 bits per heavy atom. The van der Waals surface area contributed by atoms with E-state index >= 15 is 0 Å². The van der Waals surface area contributed by atoms with E-state index in [9.17, 15) is 9.59 Å². The Labute approximate surface area is 119 Å². The van der Waals surface area contributed by atoms with Crippen molar-refractivity contribution in [2.75, 3.05) is 19.8 Å².